The van der Waals surface area contributed by atoms with E-state index in [2.05, 4.69) is 5.16 Å². The molecular formula is C13H15NO4. The van der Waals surface area contributed by atoms with Crippen molar-refractivity contribution >= 4 is 11.7 Å². The molecule has 0 unspecified atom stereocenters. The van der Waals surface area contributed by atoms with Crippen LogP contribution >= 0.6 is 0 Å². The molecule has 18 heavy (non-hydrogen) atoms. The fourth-order valence-electron chi connectivity index (χ4n) is 1.61. The van der Waals surface area contributed by atoms with Crippen LogP contribution in [0.5, 0.6) is 5.75 Å². The van der Waals surface area contributed by atoms with Crippen molar-refractivity contribution in [2.75, 3.05) is 0 Å². The molecule has 0 bridgehead atoms. The van der Waals surface area contributed by atoms with Gasteiger partial charge in [-0.3, -0.25) is 4.79 Å². The number of nitrogens with zero attached hydrogens (tertiary/aromatic N) is 1. The molecule has 1 aromatic carbocycles. The van der Waals surface area contributed by atoms with Crippen LogP contribution in [0.25, 0.3) is 0 Å². The van der Waals surface area contributed by atoms with Gasteiger partial charge in [0.2, 0.25) is 0 Å². The van der Waals surface area contributed by atoms with E-state index in [4.69, 9.17) is 9.94 Å². The van der Waals surface area contributed by atoms with Crippen molar-refractivity contribution in [1.29, 1.82) is 0 Å². The van der Waals surface area contributed by atoms with E-state index in [0.29, 0.717) is 11.3 Å². The third kappa shape index (κ3) is 2.80. The molecule has 96 valence electrons. The molecule has 1 aromatic rings. The Balaban J connectivity index is 2.06. The van der Waals surface area contributed by atoms with Gasteiger partial charge in [0.1, 0.15) is 12.4 Å². The zero-order valence-corrected chi connectivity index (χ0v) is 10.1. The van der Waals surface area contributed by atoms with Gasteiger partial charge >= 0.3 is 5.97 Å². The van der Waals surface area contributed by atoms with E-state index >= 15 is 0 Å². The van der Waals surface area contributed by atoms with Gasteiger partial charge in [0.25, 0.3) is 0 Å². The van der Waals surface area contributed by atoms with E-state index in [0.717, 1.165) is 18.4 Å². The van der Waals surface area contributed by atoms with Crippen LogP contribution in [0.1, 0.15) is 30.9 Å². The van der Waals surface area contributed by atoms with Crippen molar-refractivity contribution in [1.82, 2.24) is 0 Å². The molecule has 2 N–H and O–H groups in total. The van der Waals surface area contributed by atoms with Crippen LogP contribution in [0.15, 0.2) is 23.4 Å². The molecule has 0 saturated heterocycles. The first kappa shape index (κ1) is 12.4. The summed E-state index contributed by atoms with van der Waals surface area (Å²) in [6, 6.07) is 4.80. The first-order valence-electron chi connectivity index (χ1n) is 5.79. The Kier molecular flexibility index (Phi) is 3.50. The molecule has 0 atom stereocenters. The van der Waals surface area contributed by atoms with Gasteiger partial charge in [0.15, 0.2) is 0 Å². The van der Waals surface area contributed by atoms with Crippen molar-refractivity contribution in [3.63, 3.8) is 0 Å². The lowest BCUT2D eigenvalue weighted by molar-refractivity contribution is -0.146. The first-order chi connectivity index (χ1) is 8.61. The Hall–Kier alpha value is -2.04. The average molecular weight is 249 g/mol. The van der Waals surface area contributed by atoms with Crippen LogP contribution in [0.2, 0.25) is 0 Å². The Labute approximate surface area is 105 Å². The van der Waals surface area contributed by atoms with Gasteiger partial charge in [0, 0.05) is 5.56 Å². The largest absolute Gasteiger partial charge is 0.507 e. The van der Waals surface area contributed by atoms with Crippen molar-refractivity contribution in [3.05, 3.63) is 29.3 Å². The van der Waals surface area contributed by atoms with Crippen LogP contribution in [0.4, 0.5) is 0 Å². The second kappa shape index (κ2) is 5.08. The number of carbonyl (C=O) groups is 1. The highest BCUT2D eigenvalue weighted by Gasteiger charge is 2.31. The van der Waals surface area contributed by atoms with E-state index < -0.39 is 0 Å². The number of oxime groups is 1. The van der Waals surface area contributed by atoms with Gasteiger partial charge in [-0.15, -0.1) is 0 Å². The number of phenols is 1. The van der Waals surface area contributed by atoms with Crippen LogP contribution in [-0.4, -0.2) is 22.0 Å². The maximum absolute atomic E-state index is 11.4. The molecular weight excluding hydrogens is 234 g/mol. The van der Waals surface area contributed by atoms with Gasteiger partial charge in [-0.2, -0.15) is 0 Å². The van der Waals surface area contributed by atoms with Gasteiger partial charge in [-0.25, -0.2) is 0 Å². The summed E-state index contributed by atoms with van der Waals surface area (Å²) in [5.74, 6) is -0.0675. The molecule has 1 aliphatic rings. The highest BCUT2D eigenvalue weighted by molar-refractivity contribution is 6.00. The van der Waals surface area contributed by atoms with Crippen molar-refractivity contribution in [3.8, 4) is 5.75 Å². The number of aromatic hydroxyl groups is 1. The minimum atomic E-state index is -0.169. The Bertz CT molecular complexity index is 492. The minimum Gasteiger partial charge on any atom is -0.507 e. The summed E-state index contributed by atoms with van der Waals surface area (Å²) in [5.41, 5.74) is 1.49. The summed E-state index contributed by atoms with van der Waals surface area (Å²) in [7, 11) is 0. The number of phenolic OH excluding ortho intramolecular Hbond substituents is 1. The summed E-state index contributed by atoms with van der Waals surface area (Å²) in [6.07, 6.45) is 1.83. The predicted octanol–water partition coefficient (Wildman–Crippen LogP) is 2.04. The predicted molar refractivity (Wildman–Crippen MR) is 64.6 cm³/mol. The molecule has 0 aliphatic heterocycles. The maximum atomic E-state index is 11.4. The highest BCUT2D eigenvalue weighted by Crippen LogP contribution is 2.30. The lowest BCUT2D eigenvalue weighted by Crippen LogP contribution is -2.07. The Morgan fingerprint density at radius 3 is 2.83 bits per heavy atom. The molecule has 0 aromatic heterocycles. The smallest absolute Gasteiger partial charge is 0.309 e. The van der Waals surface area contributed by atoms with E-state index in [1.165, 1.54) is 6.07 Å². The number of benzene rings is 1. The summed E-state index contributed by atoms with van der Waals surface area (Å²) < 4.78 is 5.14. The van der Waals surface area contributed by atoms with Gasteiger partial charge in [-0.05, 0) is 37.5 Å². The number of hydrogen-bond acceptors (Lipinski definition) is 5. The molecule has 0 radical (unpaired) electrons. The molecule has 1 saturated carbocycles. The maximum Gasteiger partial charge on any atom is 0.309 e. The molecule has 0 spiro atoms. The normalized spacial score (nSPS) is 15.5. The van der Waals surface area contributed by atoms with Crippen LogP contribution in [-0.2, 0) is 16.1 Å². The average Bonchev–Trinajstić information content (AvgIpc) is 3.20. The fraction of sp³-hybridized carbons (Fsp3) is 0.385. The second-order valence-electron chi connectivity index (χ2n) is 4.42. The lowest BCUT2D eigenvalue weighted by Gasteiger charge is -2.07. The SMILES string of the molecule is CC(=NO)c1cc(COC(=O)C2CC2)ccc1O. The van der Waals surface area contributed by atoms with E-state index in [1.807, 2.05) is 0 Å². The standard InChI is InChI=1S/C13H15NO4/c1-8(14-17)11-6-9(2-5-12(11)15)7-18-13(16)10-3-4-10/h2,5-6,10,15,17H,3-4,7H2,1H3. The van der Waals surface area contributed by atoms with Crippen molar-refractivity contribution in [2.45, 2.75) is 26.4 Å². The Morgan fingerprint density at radius 2 is 2.22 bits per heavy atom. The highest BCUT2D eigenvalue weighted by atomic mass is 16.5. The zero-order chi connectivity index (χ0) is 13.1. The molecule has 5 nitrogen and oxygen atoms in total. The number of ether oxygens (including phenoxy) is 1. The summed E-state index contributed by atoms with van der Waals surface area (Å²) in [5, 5.41) is 21.3. The third-order valence-electron chi connectivity index (χ3n) is 2.89. The van der Waals surface area contributed by atoms with Crippen LogP contribution in [0.3, 0.4) is 0 Å². The Morgan fingerprint density at radius 1 is 1.50 bits per heavy atom. The topological polar surface area (TPSA) is 79.1 Å². The molecule has 0 heterocycles. The van der Waals surface area contributed by atoms with Crippen molar-refractivity contribution in [2.24, 2.45) is 11.1 Å². The number of carbonyl (C=O) groups excluding carboxylic acids is 1. The molecule has 2 rings (SSSR count). The lowest BCUT2D eigenvalue weighted by atomic mass is 10.1. The van der Waals surface area contributed by atoms with Gasteiger partial charge in [0.05, 0.1) is 11.6 Å². The third-order valence-corrected chi connectivity index (χ3v) is 2.89. The number of rotatable bonds is 4. The molecule has 0 amide bonds. The van der Waals surface area contributed by atoms with Gasteiger partial charge < -0.3 is 15.1 Å². The molecule has 5 heteroatoms. The first-order valence-corrected chi connectivity index (χ1v) is 5.79. The second-order valence-corrected chi connectivity index (χ2v) is 4.42. The van der Waals surface area contributed by atoms with E-state index in [-0.39, 0.29) is 24.2 Å². The van der Waals surface area contributed by atoms with Crippen LogP contribution < -0.4 is 0 Å². The number of esters is 1. The quantitative estimate of drug-likeness (QED) is 0.370. The van der Waals surface area contributed by atoms with E-state index in [9.17, 15) is 9.90 Å². The monoisotopic (exact) mass is 249 g/mol. The molecule has 1 aliphatic carbocycles. The molecule has 1 fully saturated rings. The van der Waals surface area contributed by atoms with Crippen LogP contribution in [0, 0.1) is 5.92 Å². The fourth-order valence-corrected chi connectivity index (χ4v) is 1.61. The summed E-state index contributed by atoms with van der Waals surface area (Å²) in [4.78, 5) is 11.4. The summed E-state index contributed by atoms with van der Waals surface area (Å²) >= 11 is 0. The summed E-state index contributed by atoms with van der Waals surface area (Å²) in [6.45, 7) is 1.75. The van der Waals surface area contributed by atoms with Crippen molar-refractivity contribution < 1.29 is 19.8 Å². The number of hydrogen-bond donors (Lipinski definition) is 2. The van der Waals surface area contributed by atoms with E-state index in [1.54, 1.807) is 19.1 Å². The van der Waals surface area contributed by atoms with Gasteiger partial charge in [-0.1, -0.05) is 11.2 Å². The minimum absolute atomic E-state index is 0.0302. The zero-order valence-electron chi connectivity index (χ0n) is 10.1.